The van der Waals surface area contributed by atoms with Gasteiger partial charge in [-0.15, -0.1) is 0 Å². The minimum Gasteiger partial charge on any atom is -0.477 e. The fourth-order valence-corrected chi connectivity index (χ4v) is 8.22. The Bertz CT molecular complexity index is 2300. The molecule has 1 amide bonds. The van der Waals surface area contributed by atoms with Crippen LogP contribution in [0.4, 0.5) is 20.2 Å². The number of amides is 1. The van der Waals surface area contributed by atoms with Gasteiger partial charge in [-0.2, -0.15) is 0 Å². The second-order valence-electron chi connectivity index (χ2n) is 14.6. The number of nitrogens with two attached hydrogens (primary N) is 2. The number of fused-ring (bicyclic) bond motifs is 2. The average Bonchev–Trinajstić information content (AvgIpc) is 4.02. The number of carboxylic acids is 2. The predicted molar refractivity (Wildman–Crippen MR) is 204 cm³/mol. The first-order valence-electron chi connectivity index (χ1n) is 17.9. The number of carbonyl (C=O) groups excluding carboxylic acids is 2. The van der Waals surface area contributed by atoms with Gasteiger partial charge in [0.1, 0.15) is 28.5 Å². The third-order valence-corrected chi connectivity index (χ3v) is 11.0. The van der Waals surface area contributed by atoms with Gasteiger partial charge in [-0.05, 0) is 37.8 Å². The van der Waals surface area contributed by atoms with E-state index in [-0.39, 0.29) is 102 Å². The Morgan fingerprint density at radius 1 is 0.732 bits per heavy atom. The number of Topliss-reactive ketones (excluding diaryl/α,β-unsaturated/α-hetero) is 1. The van der Waals surface area contributed by atoms with Crippen molar-refractivity contribution in [3.63, 3.8) is 0 Å². The van der Waals surface area contributed by atoms with Crippen LogP contribution in [-0.4, -0.2) is 81.4 Å². The van der Waals surface area contributed by atoms with Gasteiger partial charge in [-0.1, -0.05) is 23.2 Å². The Balaban J connectivity index is 0.000000172. The topological polar surface area (TPSA) is 223 Å². The van der Waals surface area contributed by atoms with Crippen LogP contribution in [0.15, 0.2) is 34.1 Å². The van der Waals surface area contributed by atoms with Crippen molar-refractivity contribution in [2.75, 3.05) is 36.1 Å². The Kier molecular flexibility index (Phi) is 10.6. The molecule has 4 aromatic rings. The van der Waals surface area contributed by atoms with Crippen LogP contribution in [0.25, 0.3) is 21.8 Å². The molecule has 2 aromatic heterocycles. The largest absolute Gasteiger partial charge is 0.477 e. The molecule has 2 saturated heterocycles. The molecule has 8 rings (SSSR count). The zero-order valence-corrected chi connectivity index (χ0v) is 31.2. The van der Waals surface area contributed by atoms with Crippen LogP contribution in [0.5, 0.6) is 0 Å². The lowest BCUT2D eigenvalue weighted by atomic mass is 10.1. The van der Waals surface area contributed by atoms with Gasteiger partial charge in [0.2, 0.25) is 16.8 Å². The van der Waals surface area contributed by atoms with E-state index in [1.807, 2.05) is 0 Å². The summed E-state index contributed by atoms with van der Waals surface area (Å²) >= 11 is 13.1. The maximum Gasteiger partial charge on any atom is 0.341 e. The molecule has 4 fully saturated rings. The Morgan fingerprint density at radius 2 is 1.18 bits per heavy atom. The highest BCUT2D eigenvalue weighted by Crippen LogP contribution is 2.44. The lowest BCUT2D eigenvalue weighted by Crippen LogP contribution is -2.38. The lowest BCUT2D eigenvalue weighted by molar-refractivity contribution is -0.121. The van der Waals surface area contributed by atoms with Gasteiger partial charge in [0.25, 0.3) is 0 Å². The highest BCUT2D eigenvalue weighted by Gasteiger charge is 2.33. The Labute approximate surface area is 326 Å². The van der Waals surface area contributed by atoms with E-state index in [0.717, 1.165) is 37.8 Å². The van der Waals surface area contributed by atoms with Gasteiger partial charge in [0.15, 0.2) is 0 Å². The number of nitrogens with one attached hydrogen (secondary N) is 1. The van der Waals surface area contributed by atoms with Gasteiger partial charge in [0.05, 0.1) is 49.9 Å². The molecule has 4 aliphatic rings. The first-order chi connectivity index (χ1) is 26.5. The molecule has 15 nitrogen and oxygen atoms in total. The number of hydrogen-bond donors (Lipinski definition) is 5. The average molecular weight is 817 g/mol. The molecule has 0 spiro atoms. The molecule has 2 saturated carbocycles. The van der Waals surface area contributed by atoms with Crippen LogP contribution in [-0.2, 0) is 9.59 Å². The van der Waals surface area contributed by atoms with E-state index in [1.165, 1.54) is 17.3 Å². The highest BCUT2D eigenvalue weighted by atomic mass is 35.5. The maximum atomic E-state index is 15.0. The van der Waals surface area contributed by atoms with Crippen molar-refractivity contribution in [3.8, 4) is 0 Å². The summed E-state index contributed by atoms with van der Waals surface area (Å²) in [5.41, 5.74) is 10.3. The highest BCUT2D eigenvalue weighted by molar-refractivity contribution is 6.38. The summed E-state index contributed by atoms with van der Waals surface area (Å²) in [5, 5.41) is 21.2. The summed E-state index contributed by atoms with van der Waals surface area (Å²) in [6.07, 6.45) is 6.39. The van der Waals surface area contributed by atoms with Crippen molar-refractivity contribution < 1.29 is 38.2 Å². The van der Waals surface area contributed by atoms with Gasteiger partial charge < -0.3 is 45.9 Å². The monoisotopic (exact) mass is 815 g/mol. The first kappa shape index (κ1) is 39.1. The van der Waals surface area contributed by atoms with E-state index in [1.54, 1.807) is 14.0 Å². The van der Waals surface area contributed by atoms with Crippen molar-refractivity contribution >= 4 is 80.0 Å². The molecule has 2 aliphatic heterocycles. The SMILES string of the molecule is N[C@@H]1CC(=O)CCN(c2c(F)cc3c(=O)c(C(=O)O)cn(C4CC4)c3c2Cl)C1.N[C@@H]1CC(=O)NCN(c2c(F)cc3c(=O)c(C(=O)O)cn(C4CC4)c3c2Cl)C1. The fraction of sp³-hybridized carbons (Fsp3) is 0.405. The van der Waals surface area contributed by atoms with Crippen LogP contribution in [0.2, 0.25) is 10.0 Å². The number of aromatic nitrogens is 2. The Hall–Kier alpha value is -5.10. The molecule has 2 atom stereocenters. The number of ketones is 1. The zero-order valence-electron chi connectivity index (χ0n) is 29.7. The van der Waals surface area contributed by atoms with Gasteiger partial charge in [0, 0.05) is 75.5 Å². The van der Waals surface area contributed by atoms with Crippen LogP contribution in [0.3, 0.4) is 0 Å². The van der Waals surface area contributed by atoms with E-state index in [2.05, 4.69) is 5.32 Å². The third kappa shape index (κ3) is 7.43. The quantitative estimate of drug-likeness (QED) is 0.188. The van der Waals surface area contributed by atoms with Crippen LogP contribution in [0.1, 0.15) is 77.7 Å². The summed E-state index contributed by atoms with van der Waals surface area (Å²) in [6.45, 7) is 0.752. The molecule has 0 unspecified atom stereocenters. The van der Waals surface area contributed by atoms with E-state index < -0.39 is 57.6 Å². The second-order valence-corrected chi connectivity index (χ2v) is 15.4. The van der Waals surface area contributed by atoms with E-state index >= 15 is 8.78 Å². The summed E-state index contributed by atoms with van der Waals surface area (Å²) < 4.78 is 33.3. The van der Waals surface area contributed by atoms with Crippen molar-refractivity contribution in [1.29, 1.82) is 0 Å². The van der Waals surface area contributed by atoms with Crippen molar-refractivity contribution in [2.24, 2.45) is 11.5 Å². The molecule has 0 radical (unpaired) electrons. The van der Waals surface area contributed by atoms with E-state index in [0.29, 0.717) is 11.0 Å². The van der Waals surface area contributed by atoms with Crippen LogP contribution in [0, 0.1) is 11.6 Å². The van der Waals surface area contributed by atoms with Gasteiger partial charge >= 0.3 is 11.9 Å². The summed E-state index contributed by atoms with van der Waals surface area (Å²) in [4.78, 5) is 74.8. The fourth-order valence-electron chi connectivity index (χ4n) is 7.40. The normalized spacial score (nSPS) is 20.3. The van der Waals surface area contributed by atoms with Crippen molar-refractivity contribution in [3.05, 3.63) is 77.8 Å². The number of halogens is 4. The number of anilines is 2. The summed E-state index contributed by atoms with van der Waals surface area (Å²) in [7, 11) is 0. The smallest absolute Gasteiger partial charge is 0.341 e. The number of carboxylic acid groups (broad SMARTS) is 2. The van der Waals surface area contributed by atoms with Gasteiger partial charge in [-0.25, -0.2) is 18.4 Å². The maximum absolute atomic E-state index is 15.0. The standard InChI is InChI=1S/C19H19ClFN3O4.C18H18ClFN4O4/c20-15-16-12(18(26)13(19(27)28)8-24(16)10-1-2-10)6-14(21)17(15)23-4-3-11(25)5-9(22)7-23;19-14-15-10(17(26)11(18(27)28)6-24(15)9-1-2-9)4-12(20)16(14)23-5-8(21)3-13(25)22-7-23/h6,8-10H,1-5,7,22H2,(H,27,28);4,6,8-9H,1-3,5,7,21H2,(H,22,25)(H,27,28)/t9-;8-/m11/s1. The molecule has 296 valence electrons. The number of pyridine rings is 2. The van der Waals surface area contributed by atoms with Crippen molar-refractivity contribution in [1.82, 2.24) is 14.5 Å². The zero-order chi connectivity index (χ0) is 40.3. The molecular formula is C37H37Cl2F2N7O8. The lowest BCUT2D eigenvalue weighted by Gasteiger charge is -2.27. The van der Waals surface area contributed by atoms with Crippen molar-refractivity contribution in [2.45, 2.75) is 69.1 Å². The molecule has 0 bridgehead atoms. The van der Waals surface area contributed by atoms with Crippen LogP contribution < -0.4 is 37.4 Å². The minimum atomic E-state index is -1.37. The number of nitrogens with zero attached hydrogens (tertiary/aromatic N) is 4. The number of carbonyl (C=O) groups is 4. The molecule has 56 heavy (non-hydrogen) atoms. The number of aromatic carboxylic acids is 2. The molecule has 7 N–H and O–H groups in total. The van der Waals surface area contributed by atoms with Crippen LogP contribution >= 0.6 is 23.2 Å². The third-order valence-electron chi connectivity index (χ3n) is 10.3. The Morgan fingerprint density at radius 3 is 1.64 bits per heavy atom. The molecule has 2 aromatic carbocycles. The molecular weight excluding hydrogens is 779 g/mol. The second kappa shape index (κ2) is 15.1. The number of benzene rings is 2. The molecule has 19 heteroatoms. The first-order valence-corrected chi connectivity index (χ1v) is 18.7. The number of hydrogen-bond acceptors (Lipinski definition) is 10. The molecule has 4 heterocycles. The predicted octanol–water partition coefficient (Wildman–Crippen LogP) is 3.76. The van der Waals surface area contributed by atoms with Gasteiger partial charge in [-0.3, -0.25) is 19.2 Å². The number of rotatable bonds is 6. The minimum absolute atomic E-state index is 0.000659. The van der Waals surface area contributed by atoms with E-state index in [9.17, 15) is 39.0 Å². The molecule has 2 aliphatic carbocycles. The summed E-state index contributed by atoms with van der Waals surface area (Å²) in [5.74, 6) is -4.48. The summed E-state index contributed by atoms with van der Waals surface area (Å²) in [6, 6.07) is 1.13. The van der Waals surface area contributed by atoms with E-state index in [4.69, 9.17) is 34.7 Å².